The number of halogens is 5. The highest BCUT2D eigenvalue weighted by Crippen LogP contribution is 2.32. The molecule has 1 nitrogen and oxygen atoms in total. The van der Waals surface area contributed by atoms with E-state index < -0.39 is 12.2 Å². The predicted octanol–water partition coefficient (Wildman–Crippen LogP) is 3.62. The zero-order valence-corrected chi connectivity index (χ0v) is 10.5. The molecule has 0 aliphatic heterocycles. The molecule has 1 unspecified atom stereocenters. The van der Waals surface area contributed by atoms with Gasteiger partial charge in [-0.05, 0) is 56.2 Å². The number of nitrogens with two attached hydrogens (primary N) is 1. The van der Waals surface area contributed by atoms with Crippen molar-refractivity contribution in [1.82, 2.24) is 0 Å². The highest BCUT2D eigenvalue weighted by Gasteiger charge is 2.37. The number of benzene rings is 1. The molecule has 0 radical (unpaired) electrons. The van der Waals surface area contributed by atoms with Crippen LogP contribution in [0.5, 0.6) is 0 Å². The quantitative estimate of drug-likeness (QED) is 0.741. The van der Waals surface area contributed by atoms with Gasteiger partial charge in [-0.15, -0.1) is 0 Å². The molecule has 0 bridgehead atoms. The van der Waals surface area contributed by atoms with E-state index in [0.717, 1.165) is 4.47 Å². The summed E-state index contributed by atoms with van der Waals surface area (Å²) in [6.45, 7) is 0. The molecule has 2 N–H and O–H groups in total. The number of alkyl halides is 3. The van der Waals surface area contributed by atoms with Crippen LogP contribution in [0.3, 0.4) is 0 Å². The standard InChI is InChI=1S/C8H6BrF3IN/c9-5-2-1-4(3-6(5)13)7(14)8(10,11)12/h1-3,7H,14H2. The normalized spacial score (nSPS) is 14.1. The molecule has 0 saturated carbocycles. The Bertz CT molecular complexity index is 340. The maximum Gasteiger partial charge on any atom is 0.407 e. The summed E-state index contributed by atoms with van der Waals surface area (Å²) in [5.41, 5.74) is 5.12. The second kappa shape index (κ2) is 4.36. The Morgan fingerprint density at radius 1 is 1.36 bits per heavy atom. The molecule has 6 heteroatoms. The van der Waals surface area contributed by atoms with Gasteiger partial charge in [0.2, 0.25) is 0 Å². The van der Waals surface area contributed by atoms with Gasteiger partial charge in [-0.25, -0.2) is 0 Å². The fourth-order valence-electron chi connectivity index (χ4n) is 0.895. The first kappa shape index (κ1) is 12.3. The fraction of sp³-hybridized carbons (Fsp3) is 0.250. The summed E-state index contributed by atoms with van der Waals surface area (Å²) in [7, 11) is 0. The first-order chi connectivity index (χ1) is 6.32. The van der Waals surface area contributed by atoms with Crippen LogP contribution in [0.4, 0.5) is 13.2 Å². The van der Waals surface area contributed by atoms with Crippen LogP contribution in [-0.4, -0.2) is 6.18 Å². The van der Waals surface area contributed by atoms with Crippen LogP contribution in [-0.2, 0) is 0 Å². The molecule has 14 heavy (non-hydrogen) atoms. The van der Waals surface area contributed by atoms with Gasteiger partial charge in [-0.2, -0.15) is 13.2 Å². The van der Waals surface area contributed by atoms with E-state index in [0.29, 0.717) is 3.57 Å². The Labute approximate surface area is 101 Å². The second-order valence-electron chi connectivity index (χ2n) is 2.69. The van der Waals surface area contributed by atoms with Gasteiger partial charge in [0, 0.05) is 8.04 Å². The number of hydrogen-bond acceptors (Lipinski definition) is 1. The Hall–Kier alpha value is 0.180. The Balaban J connectivity index is 3.03. The molecule has 1 rings (SSSR count). The third kappa shape index (κ3) is 2.83. The largest absolute Gasteiger partial charge is 0.407 e. The molecular formula is C8H6BrF3IN. The zero-order chi connectivity index (χ0) is 10.9. The van der Waals surface area contributed by atoms with E-state index in [1.807, 2.05) is 22.6 Å². The van der Waals surface area contributed by atoms with E-state index in [1.165, 1.54) is 12.1 Å². The van der Waals surface area contributed by atoms with Gasteiger partial charge in [0.1, 0.15) is 6.04 Å². The van der Waals surface area contributed by atoms with Crippen molar-refractivity contribution in [2.45, 2.75) is 12.2 Å². The monoisotopic (exact) mass is 379 g/mol. The summed E-state index contributed by atoms with van der Waals surface area (Å²) in [6.07, 6.45) is -4.39. The molecule has 0 saturated heterocycles. The smallest absolute Gasteiger partial charge is 0.316 e. The highest BCUT2D eigenvalue weighted by atomic mass is 127. The number of hydrogen-bond donors (Lipinski definition) is 1. The minimum absolute atomic E-state index is 0.0742. The summed E-state index contributed by atoms with van der Waals surface area (Å²) in [5.74, 6) is 0. The predicted molar refractivity (Wildman–Crippen MR) is 59.8 cm³/mol. The van der Waals surface area contributed by atoms with Gasteiger partial charge in [0.25, 0.3) is 0 Å². The highest BCUT2D eigenvalue weighted by molar-refractivity contribution is 14.1. The minimum atomic E-state index is -4.39. The van der Waals surface area contributed by atoms with Crippen molar-refractivity contribution < 1.29 is 13.2 Å². The van der Waals surface area contributed by atoms with Crippen LogP contribution in [0.2, 0.25) is 0 Å². The summed E-state index contributed by atoms with van der Waals surface area (Å²) in [6, 6.07) is 2.43. The van der Waals surface area contributed by atoms with Crippen molar-refractivity contribution in [3.05, 3.63) is 31.8 Å². The number of rotatable bonds is 1. The van der Waals surface area contributed by atoms with Crippen LogP contribution >= 0.6 is 38.5 Å². The Morgan fingerprint density at radius 3 is 2.36 bits per heavy atom. The summed E-state index contributed by atoms with van der Waals surface area (Å²) in [5, 5.41) is 0. The van der Waals surface area contributed by atoms with Crippen LogP contribution in [0.25, 0.3) is 0 Å². The molecule has 0 amide bonds. The van der Waals surface area contributed by atoms with Gasteiger partial charge >= 0.3 is 6.18 Å². The van der Waals surface area contributed by atoms with Gasteiger partial charge in [0.15, 0.2) is 0 Å². The lowest BCUT2D eigenvalue weighted by Crippen LogP contribution is -2.28. The minimum Gasteiger partial charge on any atom is -0.316 e. The van der Waals surface area contributed by atoms with Crippen molar-refractivity contribution in [3.63, 3.8) is 0 Å². The Kier molecular flexibility index (Phi) is 3.81. The maximum atomic E-state index is 12.2. The van der Waals surface area contributed by atoms with Gasteiger partial charge < -0.3 is 5.73 Å². The van der Waals surface area contributed by atoms with Gasteiger partial charge in [0.05, 0.1) is 0 Å². The zero-order valence-electron chi connectivity index (χ0n) is 6.78. The third-order valence-corrected chi connectivity index (χ3v) is 3.98. The molecule has 0 aliphatic rings. The average Bonchev–Trinajstić information content (AvgIpc) is 2.07. The van der Waals surface area contributed by atoms with E-state index in [9.17, 15) is 13.2 Å². The molecule has 0 spiro atoms. The van der Waals surface area contributed by atoms with Crippen molar-refractivity contribution in [2.75, 3.05) is 0 Å². The fourth-order valence-corrected chi connectivity index (χ4v) is 1.68. The van der Waals surface area contributed by atoms with E-state index in [4.69, 9.17) is 5.73 Å². The molecule has 0 fully saturated rings. The van der Waals surface area contributed by atoms with Crippen molar-refractivity contribution in [1.29, 1.82) is 0 Å². The molecule has 0 aliphatic carbocycles. The van der Waals surface area contributed by atoms with Crippen LogP contribution in [0, 0.1) is 3.57 Å². The van der Waals surface area contributed by atoms with Crippen LogP contribution in [0.1, 0.15) is 11.6 Å². The Morgan fingerprint density at radius 2 is 1.93 bits per heavy atom. The topological polar surface area (TPSA) is 26.0 Å². The lowest BCUT2D eigenvalue weighted by atomic mass is 10.1. The van der Waals surface area contributed by atoms with Crippen molar-refractivity contribution in [2.24, 2.45) is 5.73 Å². The molecule has 78 valence electrons. The summed E-state index contributed by atoms with van der Waals surface area (Å²) >= 11 is 5.14. The van der Waals surface area contributed by atoms with Crippen LogP contribution in [0.15, 0.2) is 22.7 Å². The lowest BCUT2D eigenvalue weighted by molar-refractivity contribution is -0.149. The molecule has 0 aromatic heterocycles. The van der Waals surface area contributed by atoms with E-state index in [1.54, 1.807) is 6.07 Å². The average molecular weight is 380 g/mol. The molecule has 1 aromatic carbocycles. The molecular weight excluding hydrogens is 374 g/mol. The van der Waals surface area contributed by atoms with E-state index >= 15 is 0 Å². The van der Waals surface area contributed by atoms with Crippen LogP contribution < -0.4 is 5.73 Å². The summed E-state index contributed by atoms with van der Waals surface area (Å²) < 4.78 is 38.2. The van der Waals surface area contributed by atoms with Gasteiger partial charge in [-0.3, -0.25) is 0 Å². The first-order valence-corrected chi connectivity index (χ1v) is 5.47. The summed E-state index contributed by atoms with van der Waals surface area (Å²) in [4.78, 5) is 0. The van der Waals surface area contributed by atoms with Gasteiger partial charge in [-0.1, -0.05) is 6.07 Å². The second-order valence-corrected chi connectivity index (χ2v) is 4.71. The lowest BCUT2D eigenvalue weighted by Gasteiger charge is -2.16. The van der Waals surface area contributed by atoms with E-state index in [-0.39, 0.29) is 5.56 Å². The van der Waals surface area contributed by atoms with Crippen molar-refractivity contribution in [3.8, 4) is 0 Å². The SMILES string of the molecule is NC(c1ccc(Br)c(I)c1)C(F)(F)F. The molecule has 1 atom stereocenters. The molecule has 0 heterocycles. The van der Waals surface area contributed by atoms with Crippen molar-refractivity contribution >= 4 is 38.5 Å². The third-order valence-electron chi connectivity index (χ3n) is 1.66. The van der Waals surface area contributed by atoms with E-state index in [2.05, 4.69) is 15.9 Å². The maximum absolute atomic E-state index is 12.2. The molecule has 1 aromatic rings. The first-order valence-electron chi connectivity index (χ1n) is 3.59.